The Kier molecular flexibility index (Phi) is 7.28. The number of carboxylic acid groups (broad SMARTS) is 1. The first-order valence-corrected chi connectivity index (χ1v) is 8.52. The quantitative estimate of drug-likeness (QED) is 0.789. The van der Waals surface area contributed by atoms with Crippen LogP contribution in [0.3, 0.4) is 0 Å². The number of alkyl halides is 3. The number of carboxylic acids is 1. The molecule has 28 heavy (non-hydrogen) atoms. The van der Waals surface area contributed by atoms with Gasteiger partial charge in [0.1, 0.15) is 17.6 Å². The van der Waals surface area contributed by atoms with Crippen molar-refractivity contribution in [3.05, 3.63) is 76.9 Å². The molecule has 3 rings (SSSR count). The summed E-state index contributed by atoms with van der Waals surface area (Å²) in [6, 6.07) is 13.1. The van der Waals surface area contributed by atoms with Gasteiger partial charge in [-0.05, 0) is 41.0 Å². The van der Waals surface area contributed by atoms with Gasteiger partial charge in [-0.15, -0.1) is 0 Å². The number of nitrogens with two attached hydrogens (primary N) is 1. The molecule has 1 saturated heterocycles. The smallest absolute Gasteiger partial charge is 0.430 e. The fourth-order valence-corrected chi connectivity index (χ4v) is 2.88. The van der Waals surface area contributed by atoms with Gasteiger partial charge >= 0.3 is 6.18 Å². The first-order chi connectivity index (χ1) is 13.2. The molecule has 1 aliphatic heterocycles. The molecule has 0 unspecified atom stereocenters. The number of piperidine rings is 1. The molecule has 0 spiro atoms. The summed E-state index contributed by atoms with van der Waals surface area (Å²) >= 11 is 0. The first-order valence-electron chi connectivity index (χ1n) is 8.52. The minimum Gasteiger partial charge on any atom is -0.542 e. The Morgan fingerprint density at radius 3 is 1.50 bits per heavy atom. The van der Waals surface area contributed by atoms with Gasteiger partial charge in [0.2, 0.25) is 0 Å². The molecular formula is C20H18F5NO2. The van der Waals surface area contributed by atoms with E-state index in [0.717, 1.165) is 42.6 Å². The lowest BCUT2D eigenvalue weighted by Crippen LogP contribution is -2.85. The zero-order chi connectivity index (χ0) is 20.7. The van der Waals surface area contributed by atoms with E-state index in [9.17, 15) is 22.0 Å². The number of benzene rings is 2. The van der Waals surface area contributed by atoms with Gasteiger partial charge in [-0.1, -0.05) is 29.8 Å². The third kappa shape index (κ3) is 6.16. The molecule has 0 bridgehead atoms. The summed E-state index contributed by atoms with van der Waals surface area (Å²) in [5.74, 6) is -3.48. The van der Waals surface area contributed by atoms with Crippen molar-refractivity contribution >= 4 is 11.5 Å². The number of hydrogen-bond acceptors (Lipinski definition) is 2. The predicted octanol–water partition coefficient (Wildman–Crippen LogP) is 2.42. The van der Waals surface area contributed by atoms with Crippen molar-refractivity contribution in [2.75, 3.05) is 13.1 Å². The highest BCUT2D eigenvalue weighted by Gasteiger charge is 2.28. The number of halogens is 5. The number of carbonyl (C=O) groups is 1. The fraction of sp³-hybridized carbons (Fsp3) is 0.250. The molecule has 1 heterocycles. The average molecular weight is 399 g/mol. The van der Waals surface area contributed by atoms with Crippen molar-refractivity contribution in [3.8, 4) is 0 Å². The molecule has 0 saturated carbocycles. The standard InChI is InChI=1S/C18H17F2N.C2HF3O2/c19-16-5-1-13(2-6-16)18(15-9-11-21-12-10-15)14-3-7-17(20)8-4-14;3-2(4,5)1(6)7/h1-8,21H,9-12H2;(H,6,7). The van der Waals surface area contributed by atoms with Crippen LogP contribution in [0, 0.1) is 11.6 Å². The molecule has 2 N–H and O–H groups in total. The lowest BCUT2D eigenvalue weighted by Gasteiger charge is -2.19. The van der Waals surface area contributed by atoms with E-state index in [1.165, 1.54) is 29.8 Å². The van der Waals surface area contributed by atoms with Crippen molar-refractivity contribution in [1.82, 2.24) is 0 Å². The molecule has 1 aliphatic rings. The SMILES string of the molecule is Fc1ccc(C(=C2CC[NH2+]CC2)c2ccc(F)cc2)cc1.O=C([O-])C(F)(F)F. The van der Waals surface area contributed by atoms with Crippen molar-refractivity contribution in [2.24, 2.45) is 0 Å². The fourth-order valence-electron chi connectivity index (χ4n) is 2.88. The van der Waals surface area contributed by atoms with E-state index >= 15 is 0 Å². The molecule has 0 amide bonds. The Labute approximate surface area is 158 Å². The van der Waals surface area contributed by atoms with Crippen LogP contribution in [-0.4, -0.2) is 25.2 Å². The van der Waals surface area contributed by atoms with E-state index < -0.39 is 12.1 Å². The van der Waals surface area contributed by atoms with Crippen LogP contribution in [0.15, 0.2) is 54.1 Å². The Hall–Kier alpha value is -2.74. The number of aliphatic carboxylic acids is 1. The number of hydrogen-bond donors (Lipinski definition) is 1. The molecule has 150 valence electrons. The lowest BCUT2D eigenvalue weighted by molar-refractivity contribution is -0.658. The molecule has 0 radical (unpaired) electrons. The maximum Gasteiger partial charge on any atom is 0.430 e. The summed E-state index contributed by atoms with van der Waals surface area (Å²) in [6.07, 6.45) is -3.16. The molecule has 0 aliphatic carbocycles. The third-order valence-electron chi connectivity index (χ3n) is 4.15. The van der Waals surface area contributed by atoms with Gasteiger partial charge in [0.25, 0.3) is 0 Å². The molecular weight excluding hydrogens is 381 g/mol. The number of carbonyl (C=O) groups excluding carboxylic acids is 1. The van der Waals surface area contributed by atoms with E-state index in [1.54, 1.807) is 24.3 Å². The van der Waals surface area contributed by atoms with E-state index in [-0.39, 0.29) is 11.6 Å². The zero-order valence-electron chi connectivity index (χ0n) is 14.7. The minimum absolute atomic E-state index is 0.237. The average Bonchev–Trinajstić information content (AvgIpc) is 2.66. The van der Waals surface area contributed by atoms with Crippen LogP contribution in [-0.2, 0) is 4.79 Å². The Bertz CT molecular complexity index is 772. The second-order valence-electron chi connectivity index (χ2n) is 6.14. The highest BCUT2D eigenvalue weighted by Crippen LogP contribution is 2.30. The third-order valence-corrected chi connectivity index (χ3v) is 4.15. The first kappa shape index (κ1) is 21.6. The van der Waals surface area contributed by atoms with Crippen molar-refractivity contribution in [1.29, 1.82) is 0 Å². The Morgan fingerprint density at radius 1 is 0.821 bits per heavy atom. The molecule has 2 aromatic carbocycles. The van der Waals surface area contributed by atoms with Gasteiger partial charge in [0, 0.05) is 12.8 Å². The van der Waals surface area contributed by atoms with Crippen LogP contribution >= 0.6 is 0 Å². The van der Waals surface area contributed by atoms with Crippen LogP contribution in [0.2, 0.25) is 0 Å². The van der Waals surface area contributed by atoms with E-state index in [1.807, 2.05) is 0 Å². The van der Waals surface area contributed by atoms with Crippen molar-refractivity contribution < 1.29 is 37.2 Å². The molecule has 0 aromatic heterocycles. The summed E-state index contributed by atoms with van der Waals surface area (Å²) < 4.78 is 57.9. The topological polar surface area (TPSA) is 56.7 Å². The van der Waals surface area contributed by atoms with Gasteiger partial charge < -0.3 is 15.2 Å². The molecule has 8 heteroatoms. The Morgan fingerprint density at radius 2 is 1.18 bits per heavy atom. The van der Waals surface area contributed by atoms with Gasteiger partial charge in [0.15, 0.2) is 0 Å². The van der Waals surface area contributed by atoms with Gasteiger partial charge in [-0.2, -0.15) is 13.2 Å². The van der Waals surface area contributed by atoms with Gasteiger partial charge in [-0.25, -0.2) is 8.78 Å². The summed E-state index contributed by atoms with van der Waals surface area (Å²) in [6.45, 7) is 2.14. The van der Waals surface area contributed by atoms with Crippen LogP contribution in [0.25, 0.3) is 5.57 Å². The van der Waals surface area contributed by atoms with Crippen LogP contribution in [0.4, 0.5) is 22.0 Å². The van der Waals surface area contributed by atoms with E-state index in [0.29, 0.717) is 0 Å². The monoisotopic (exact) mass is 399 g/mol. The number of rotatable bonds is 2. The van der Waals surface area contributed by atoms with Gasteiger partial charge in [-0.3, -0.25) is 0 Å². The molecule has 0 atom stereocenters. The lowest BCUT2D eigenvalue weighted by atomic mass is 9.89. The van der Waals surface area contributed by atoms with Crippen LogP contribution in [0.5, 0.6) is 0 Å². The highest BCUT2D eigenvalue weighted by molar-refractivity contribution is 5.82. The molecule has 1 fully saturated rings. The van der Waals surface area contributed by atoms with Crippen molar-refractivity contribution in [2.45, 2.75) is 19.0 Å². The van der Waals surface area contributed by atoms with Gasteiger partial charge in [0.05, 0.1) is 13.1 Å². The molecule has 3 nitrogen and oxygen atoms in total. The summed E-state index contributed by atoms with van der Waals surface area (Å²) in [7, 11) is 0. The van der Waals surface area contributed by atoms with Crippen LogP contribution < -0.4 is 10.4 Å². The molecule has 2 aromatic rings. The normalized spacial score (nSPS) is 14.1. The van der Waals surface area contributed by atoms with E-state index in [2.05, 4.69) is 5.32 Å². The minimum atomic E-state index is -5.19. The Balaban J connectivity index is 0.000000345. The maximum atomic E-state index is 13.2. The largest absolute Gasteiger partial charge is 0.542 e. The number of quaternary nitrogens is 1. The van der Waals surface area contributed by atoms with Crippen molar-refractivity contribution in [3.63, 3.8) is 0 Å². The zero-order valence-corrected chi connectivity index (χ0v) is 14.7. The maximum absolute atomic E-state index is 13.2. The van der Waals surface area contributed by atoms with E-state index in [4.69, 9.17) is 9.90 Å². The van der Waals surface area contributed by atoms with Crippen LogP contribution in [0.1, 0.15) is 24.0 Å². The second kappa shape index (κ2) is 9.45. The summed E-state index contributed by atoms with van der Waals surface area (Å²) in [5.41, 5.74) is 4.50. The highest BCUT2D eigenvalue weighted by atomic mass is 19.4. The second-order valence-corrected chi connectivity index (χ2v) is 6.14. The predicted molar refractivity (Wildman–Crippen MR) is 90.8 cm³/mol. The summed E-state index contributed by atoms with van der Waals surface area (Å²) in [5, 5.41) is 11.1. The summed E-state index contributed by atoms with van der Waals surface area (Å²) in [4.78, 5) is 8.78.